The highest BCUT2D eigenvalue weighted by Gasteiger charge is 2.37. The second-order valence-corrected chi connectivity index (χ2v) is 6.29. The molecule has 6 nitrogen and oxygen atoms in total. The molecule has 0 spiro atoms. The van der Waals surface area contributed by atoms with Crippen molar-refractivity contribution in [2.75, 3.05) is 13.1 Å². The highest BCUT2D eigenvalue weighted by atomic mass is 19.3. The van der Waals surface area contributed by atoms with Crippen molar-refractivity contribution in [1.82, 2.24) is 14.7 Å². The Hall–Kier alpha value is -1.57. The third kappa shape index (κ3) is 3.26. The van der Waals surface area contributed by atoms with Gasteiger partial charge in [-0.2, -0.15) is 5.10 Å². The van der Waals surface area contributed by atoms with E-state index in [1.165, 1.54) is 12.4 Å². The zero-order valence-electron chi connectivity index (χ0n) is 12.3. The number of piperidine rings is 1. The molecule has 1 aromatic heterocycles. The minimum atomic E-state index is -2.48. The molecule has 0 N–H and O–H groups in total. The van der Waals surface area contributed by atoms with E-state index in [9.17, 15) is 18.9 Å². The molecule has 2 heterocycles. The second-order valence-electron chi connectivity index (χ2n) is 6.29. The van der Waals surface area contributed by atoms with Crippen molar-refractivity contribution < 1.29 is 13.7 Å². The normalized spacial score (nSPS) is 24.5. The minimum Gasteiger partial charge on any atom is -0.300 e. The monoisotopic (exact) mass is 314 g/mol. The first kappa shape index (κ1) is 15.3. The Morgan fingerprint density at radius 2 is 1.82 bits per heavy atom. The van der Waals surface area contributed by atoms with Crippen LogP contribution in [0.2, 0.25) is 0 Å². The van der Waals surface area contributed by atoms with Gasteiger partial charge in [0.2, 0.25) is 5.92 Å². The summed E-state index contributed by atoms with van der Waals surface area (Å²) in [6.45, 7) is 1.68. The average Bonchev–Trinajstić information content (AvgIpc) is 2.97. The lowest BCUT2D eigenvalue weighted by atomic mass is 9.89. The molecule has 122 valence electrons. The van der Waals surface area contributed by atoms with Crippen LogP contribution < -0.4 is 0 Å². The van der Waals surface area contributed by atoms with Crippen molar-refractivity contribution in [3.05, 3.63) is 22.5 Å². The number of hydrogen-bond acceptors (Lipinski definition) is 4. The minimum absolute atomic E-state index is 0.0110. The molecule has 0 radical (unpaired) electrons. The van der Waals surface area contributed by atoms with Crippen LogP contribution in [0.15, 0.2) is 12.4 Å². The lowest BCUT2D eigenvalue weighted by Gasteiger charge is -2.40. The van der Waals surface area contributed by atoms with E-state index in [1.54, 1.807) is 4.68 Å². The van der Waals surface area contributed by atoms with E-state index in [1.807, 2.05) is 0 Å². The summed E-state index contributed by atoms with van der Waals surface area (Å²) in [5.41, 5.74) is 0.0111. The lowest BCUT2D eigenvalue weighted by Crippen LogP contribution is -2.45. The second kappa shape index (κ2) is 5.91. The SMILES string of the molecule is O=[N+]([O-])c1cnn(C2CCN(C3CCC(F)(F)CC3)CC2)c1. The van der Waals surface area contributed by atoms with Crippen molar-refractivity contribution in [3.8, 4) is 0 Å². The number of likely N-dealkylation sites (tertiary alicyclic amines) is 1. The molecular weight excluding hydrogens is 294 g/mol. The van der Waals surface area contributed by atoms with Gasteiger partial charge in [-0.15, -0.1) is 0 Å². The van der Waals surface area contributed by atoms with Gasteiger partial charge in [0.15, 0.2) is 0 Å². The van der Waals surface area contributed by atoms with Gasteiger partial charge in [-0.25, -0.2) is 8.78 Å². The zero-order chi connectivity index (χ0) is 15.7. The Bertz CT molecular complexity index is 531. The van der Waals surface area contributed by atoms with Gasteiger partial charge < -0.3 is 4.90 Å². The Morgan fingerprint density at radius 1 is 1.18 bits per heavy atom. The Kier molecular flexibility index (Phi) is 4.12. The molecule has 2 fully saturated rings. The first-order valence-electron chi connectivity index (χ1n) is 7.75. The summed E-state index contributed by atoms with van der Waals surface area (Å²) >= 11 is 0. The molecule has 1 saturated carbocycles. The third-order valence-corrected chi connectivity index (χ3v) is 4.87. The van der Waals surface area contributed by atoms with Gasteiger partial charge in [0.1, 0.15) is 12.4 Å². The molecule has 22 heavy (non-hydrogen) atoms. The maximum absolute atomic E-state index is 13.2. The molecule has 0 bridgehead atoms. The molecule has 3 rings (SSSR count). The first-order chi connectivity index (χ1) is 10.4. The van der Waals surface area contributed by atoms with Crippen molar-refractivity contribution in [2.45, 2.75) is 56.5 Å². The smallest absolute Gasteiger partial charge is 0.300 e. The molecule has 1 aliphatic heterocycles. The van der Waals surface area contributed by atoms with E-state index < -0.39 is 10.8 Å². The van der Waals surface area contributed by atoms with E-state index in [4.69, 9.17) is 0 Å². The summed E-state index contributed by atoms with van der Waals surface area (Å²) in [5, 5.41) is 14.8. The Balaban J connectivity index is 1.53. The number of rotatable bonds is 3. The number of hydrogen-bond donors (Lipinski definition) is 0. The number of nitrogens with zero attached hydrogens (tertiary/aromatic N) is 4. The summed E-state index contributed by atoms with van der Waals surface area (Å²) < 4.78 is 28.1. The number of nitro groups is 1. The van der Waals surface area contributed by atoms with Crippen molar-refractivity contribution in [2.24, 2.45) is 0 Å². The van der Waals surface area contributed by atoms with Crippen molar-refractivity contribution in [3.63, 3.8) is 0 Å². The van der Waals surface area contributed by atoms with E-state index in [0.717, 1.165) is 25.9 Å². The van der Waals surface area contributed by atoms with Crippen LogP contribution in [0.5, 0.6) is 0 Å². The van der Waals surface area contributed by atoms with E-state index in [2.05, 4.69) is 10.00 Å². The van der Waals surface area contributed by atoms with Crippen molar-refractivity contribution >= 4 is 5.69 Å². The van der Waals surface area contributed by atoms with Crippen LogP contribution in [0.1, 0.15) is 44.6 Å². The zero-order valence-corrected chi connectivity index (χ0v) is 12.3. The third-order valence-electron chi connectivity index (χ3n) is 4.87. The molecule has 1 aromatic rings. The first-order valence-corrected chi connectivity index (χ1v) is 7.75. The predicted molar refractivity (Wildman–Crippen MR) is 75.9 cm³/mol. The molecule has 8 heteroatoms. The maximum Gasteiger partial charge on any atom is 0.307 e. The summed E-state index contributed by atoms with van der Waals surface area (Å²) in [7, 11) is 0. The fourth-order valence-corrected chi connectivity index (χ4v) is 3.53. The average molecular weight is 314 g/mol. The fraction of sp³-hybridized carbons (Fsp3) is 0.786. The van der Waals surface area contributed by atoms with Gasteiger partial charge in [-0.05, 0) is 25.7 Å². The Labute approximate surface area is 127 Å². The molecule has 0 unspecified atom stereocenters. The highest BCUT2D eigenvalue weighted by molar-refractivity contribution is 5.21. The standard InChI is InChI=1S/C14H20F2N4O2/c15-14(16)5-1-11(2-6-14)18-7-3-12(4-8-18)19-10-13(9-17-19)20(21)22/h9-12H,1-8H2. The molecule has 0 aromatic carbocycles. The van der Waals surface area contributed by atoms with Crippen LogP contribution in [0.25, 0.3) is 0 Å². The Morgan fingerprint density at radius 3 is 2.36 bits per heavy atom. The summed E-state index contributed by atoms with van der Waals surface area (Å²) in [4.78, 5) is 12.5. The fourth-order valence-electron chi connectivity index (χ4n) is 3.53. The van der Waals surface area contributed by atoms with E-state index in [-0.39, 0.29) is 30.6 Å². The van der Waals surface area contributed by atoms with Crippen LogP contribution in [-0.2, 0) is 0 Å². The quantitative estimate of drug-likeness (QED) is 0.635. The van der Waals surface area contributed by atoms with Gasteiger partial charge in [0, 0.05) is 32.0 Å². The van der Waals surface area contributed by atoms with Crippen LogP contribution in [0.3, 0.4) is 0 Å². The highest BCUT2D eigenvalue weighted by Crippen LogP contribution is 2.36. The van der Waals surface area contributed by atoms with E-state index in [0.29, 0.717) is 12.8 Å². The van der Waals surface area contributed by atoms with Gasteiger partial charge in [-0.1, -0.05) is 0 Å². The molecule has 1 aliphatic carbocycles. The van der Waals surface area contributed by atoms with Crippen LogP contribution in [0, 0.1) is 10.1 Å². The largest absolute Gasteiger partial charge is 0.307 e. The predicted octanol–water partition coefficient (Wildman–Crippen LogP) is 3.01. The summed E-state index contributed by atoms with van der Waals surface area (Å²) in [6.07, 6.45) is 5.55. The number of aromatic nitrogens is 2. The van der Waals surface area contributed by atoms with Crippen molar-refractivity contribution in [1.29, 1.82) is 0 Å². The number of halogens is 2. The van der Waals surface area contributed by atoms with E-state index >= 15 is 0 Å². The summed E-state index contributed by atoms with van der Waals surface area (Å²) in [5.74, 6) is -2.48. The topological polar surface area (TPSA) is 64.2 Å². The van der Waals surface area contributed by atoms with Crippen LogP contribution in [0.4, 0.5) is 14.5 Å². The molecule has 2 aliphatic rings. The molecule has 0 amide bonds. The number of alkyl halides is 2. The van der Waals surface area contributed by atoms with Gasteiger partial charge in [0.25, 0.3) is 0 Å². The van der Waals surface area contributed by atoms with Gasteiger partial charge >= 0.3 is 5.69 Å². The van der Waals surface area contributed by atoms with Gasteiger partial charge in [0.05, 0.1) is 11.0 Å². The summed E-state index contributed by atoms with van der Waals surface area (Å²) in [6, 6.07) is 0.419. The molecule has 0 atom stereocenters. The van der Waals surface area contributed by atoms with Gasteiger partial charge in [-0.3, -0.25) is 14.8 Å². The molecule has 1 saturated heterocycles. The lowest BCUT2D eigenvalue weighted by molar-refractivity contribution is -0.385. The maximum atomic E-state index is 13.2. The van der Waals surface area contributed by atoms with Crippen LogP contribution >= 0.6 is 0 Å². The van der Waals surface area contributed by atoms with Crippen LogP contribution in [-0.4, -0.2) is 44.7 Å². The molecular formula is C14H20F2N4O2.